The Hall–Kier alpha value is -0.930. The molecule has 0 fully saturated rings. The molecule has 0 aliphatic carbocycles. The van der Waals surface area contributed by atoms with Gasteiger partial charge < -0.3 is 10.1 Å². The Bertz CT molecular complexity index is 284. The second-order valence-corrected chi connectivity index (χ2v) is 4.07. The van der Waals surface area contributed by atoms with Gasteiger partial charge in [0.25, 0.3) is 0 Å². The lowest BCUT2D eigenvalue weighted by Gasteiger charge is -2.16. The third-order valence-electron chi connectivity index (χ3n) is 2.59. The van der Waals surface area contributed by atoms with E-state index in [-0.39, 0.29) is 0 Å². The van der Waals surface area contributed by atoms with Gasteiger partial charge in [0.05, 0.1) is 0 Å². The summed E-state index contributed by atoms with van der Waals surface area (Å²) in [4.78, 5) is 4.43. The van der Waals surface area contributed by atoms with Crippen molar-refractivity contribution in [1.82, 2.24) is 10.3 Å². The van der Waals surface area contributed by atoms with Crippen molar-refractivity contribution in [3.8, 4) is 0 Å². The van der Waals surface area contributed by atoms with E-state index in [4.69, 9.17) is 4.74 Å². The molecule has 0 amide bonds. The van der Waals surface area contributed by atoms with E-state index in [9.17, 15) is 0 Å². The number of aryl methyl sites for hydroxylation is 1. The van der Waals surface area contributed by atoms with E-state index in [1.165, 1.54) is 5.56 Å². The number of hydrogen-bond acceptors (Lipinski definition) is 3. The minimum absolute atomic E-state index is 0.458. The summed E-state index contributed by atoms with van der Waals surface area (Å²) in [6.45, 7) is 5.97. The maximum Gasteiger partial charge on any atom is 0.0477 e. The predicted octanol–water partition coefficient (Wildman–Crippen LogP) is 1.95. The van der Waals surface area contributed by atoms with Crippen molar-refractivity contribution in [2.75, 3.05) is 20.3 Å². The van der Waals surface area contributed by atoms with E-state index in [0.717, 1.165) is 31.7 Å². The van der Waals surface area contributed by atoms with E-state index in [1.54, 1.807) is 7.11 Å². The van der Waals surface area contributed by atoms with Gasteiger partial charge in [0, 0.05) is 38.1 Å². The molecule has 0 bridgehead atoms. The Morgan fingerprint density at radius 1 is 1.44 bits per heavy atom. The first-order valence-corrected chi connectivity index (χ1v) is 5.90. The van der Waals surface area contributed by atoms with Crippen LogP contribution in [0.4, 0.5) is 0 Å². The molecule has 3 nitrogen and oxygen atoms in total. The van der Waals surface area contributed by atoms with E-state index in [0.29, 0.717) is 6.04 Å². The fourth-order valence-corrected chi connectivity index (χ4v) is 1.70. The fourth-order valence-electron chi connectivity index (χ4n) is 1.70. The van der Waals surface area contributed by atoms with Crippen LogP contribution in [0, 0.1) is 6.92 Å². The van der Waals surface area contributed by atoms with Gasteiger partial charge >= 0.3 is 0 Å². The first kappa shape index (κ1) is 13.1. The molecule has 90 valence electrons. The molecular formula is C13H22N2O. The largest absolute Gasteiger partial charge is 0.385 e. The zero-order valence-electron chi connectivity index (χ0n) is 10.5. The van der Waals surface area contributed by atoms with Gasteiger partial charge in [0.15, 0.2) is 0 Å². The molecule has 16 heavy (non-hydrogen) atoms. The van der Waals surface area contributed by atoms with E-state index in [1.807, 2.05) is 6.20 Å². The van der Waals surface area contributed by atoms with E-state index >= 15 is 0 Å². The highest BCUT2D eigenvalue weighted by Crippen LogP contribution is 2.05. The van der Waals surface area contributed by atoms with Gasteiger partial charge in [-0.2, -0.15) is 0 Å². The maximum absolute atomic E-state index is 5.12. The average molecular weight is 222 g/mol. The molecule has 1 heterocycles. The van der Waals surface area contributed by atoms with Crippen molar-refractivity contribution in [2.45, 2.75) is 32.7 Å². The second-order valence-electron chi connectivity index (χ2n) is 4.07. The Kier molecular flexibility index (Phi) is 6.04. The number of hydrogen-bond donors (Lipinski definition) is 1. The molecule has 0 saturated carbocycles. The Labute approximate surface area is 98.2 Å². The van der Waals surface area contributed by atoms with Crippen LogP contribution in [-0.2, 0) is 11.2 Å². The number of ether oxygens (including phenoxy) is 1. The average Bonchev–Trinajstić information content (AvgIpc) is 2.29. The van der Waals surface area contributed by atoms with Crippen molar-refractivity contribution < 1.29 is 4.74 Å². The Morgan fingerprint density at radius 3 is 2.81 bits per heavy atom. The third kappa shape index (κ3) is 4.73. The molecule has 0 spiro atoms. The lowest BCUT2D eigenvalue weighted by molar-refractivity contribution is 0.182. The van der Waals surface area contributed by atoms with E-state index < -0.39 is 0 Å². The maximum atomic E-state index is 5.12. The van der Waals surface area contributed by atoms with Crippen molar-refractivity contribution >= 4 is 0 Å². The van der Waals surface area contributed by atoms with Gasteiger partial charge in [-0.05, 0) is 31.5 Å². The predicted molar refractivity (Wildman–Crippen MR) is 66.6 cm³/mol. The molecule has 1 aromatic heterocycles. The van der Waals surface area contributed by atoms with Gasteiger partial charge in [-0.15, -0.1) is 0 Å². The zero-order valence-corrected chi connectivity index (χ0v) is 10.5. The number of nitrogens with zero attached hydrogens (tertiary/aromatic N) is 1. The number of pyridine rings is 1. The number of rotatable bonds is 7. The molecule has 1 unspecified atom stereocenters. The fraction of sp³-hybridized carbons (Fsp3) is 0.615. The zero-order chi connectivity index (χ0) is 11.8. The first-order chi connectivity index (χ1) is 7.76. The highest BCUT2D eigenvalue weighted by Gasteiger charge is 2.08. The molecule has 1 N–H and O–H groups in total. The van der Waals surface area contributed by atoms with E-state index in [2.05, 4.69) is 36.3 Å². The molecule has 1 aromatic rings. The second kappa shape index (κ2) is 7.36. The summed E-state index contributed by atoms with van der Waals surface area (Å²) in [6.07, 6.45) is 3.92. The first-order valence-electron chi connectivity index (χ1n) is 5.90. The lowest BCUT2D eigenvalue weighted by Crippen LogP contribution is -2.32. The highest BCUT2D eigenvalue weighted by atomic mass is 16.5. The summed E-state index contributed by atoms with van der Waals surface area (Å²) in [7, 11) is 1.74. The summed E-state index contributed by atoms with van der Waals surface area (Å²) in [5.41, 5.74) is 2.35. The van der Waals surface area contributed by atoms with Gasteiger partial charge in [-0.3, -0.25) is 4.98 Å². The molecular weight excluding hydrogens is 200 g/mol. The minimum Gasteiger partial charge on any atom is -0.385 e. The number of nitrogens with one attached hydrogen (secondary N) is 1. The van der Waals surface area contributed by atoms with Crippen molar-refractivity contribution in [1.29, 1.82) is 0 Å². The number of methoxy groups -OCH3 is 1. The van der Waals surface area contributed by atoms with Crippen molar-refractivity contribution in [3.63, 3.8) is 0 Å². The van der Waals surface area contributed by atoms with Crippen LogP contribution in [0.25, 0.3) is 0 Å². The van der Waals surface area contributed by atoms with Crippen LogP contribution in [0.15, 0.2) is 18.3 Å². The quantitative estimate of drug-likeness (QED) is 0.765. The van der Waals surface area contributed by atoms with Gasteiger partial charge in [0.2, 0.25) is 0 Å². The van der Waals surface area contributed by atoms with Crippen LogP contribution in [0.3, 0.4) is 0 Å². The molecule has 0 aliphatic heterocycles. The standard InChI is InChI=1S/C13H22N2O/c1-4-14-13(7-8-16-3)9-12-6-5-11(2)10-15-12/h5-6,10,13-14H,4,7-9H2,1-3H3. The molecule has 1 rings (SSSR count). The molecule has 0 aromatic carbocycles. The minimum atomic E-state index is 0.458. The topological polar surface area (TPSA) is 34.1 Å². The monoisotopic (exact) mass is 222 g/mol. The summed E-state index contributed by atoms with van der Waals surface area (Å²) in [5, 5.41) is 3.46. The van der Waals surface area contributed by atoms with Crippen LogP contribution < -0.4 is 5.32 Å². The van der Waals surface area contributed by atoms with Crippen molar-refractivity contribution in [2.24, 2.45) is 0 Å². The lowest BCUT2D eigenvalue weighted by atomic mass is 10.1. The summed E-state index contributed by atoms with van der Waals surface area (Å²) in [5.74, 6) is 0. The van der Waals surface area contributed by atoms with Crippen LogP contribution in [-0.4, -0.2) is 31.3 Å². The molecule has 0 saturated heterocycles. The molecule has 0 radical (unpaired) electrons. The van der Waals surface area contributed by atoms with Crippen LogP contribution in [0.1, 0.15) is 24.6 Å². The molecule has 3 heteroatoms. The highest BCUT2D eigenvalue weighted by molar-refractivity contribution is 5.13. The van der Waals surface area contributed by atoms with Gasteiger partial charge in [-0.1, -0.05) is 13.0 Å². The van der Waals surface area contributed by atoms with Crippen LogP contribution in [0.5, 0.6) is 0 Å². The smallest absolute Gasteiger partial charge is 0.0477 e. The number of aromatic nitrogens is 1. The summed E-state index contributed by atoms with van der Waals surface area (Å²) in [6, 6.07) is 4.67. The van der Waals surface area contributed by atoms with Crippen molar-refractivity contribution in [3.05, 3.63) is 29.6 Å². The Morgan fingerprint density at radius 2 is 2.25 bits per heavy atom. The SMILES string of the molecule is CCNC(CCOC)Cc1ccc(C)cn1. The Balaban J connectivity index is 2.49. The van der Waals surface area contributed by atoms with Crippen LogP contribution >= 0.6 is 0 Å². The normalized spacial score (nSPS) is 12.7. The molecule has 0 aliphatic rings. The summed E-state index contributed by atoms with van der Waals surface area (Å²) >= 11 is 0. The molecule has 1 atom stereocenters. The van der Waals surface area contributed by atoms with Gasteiger partial charge in [-0.25, -0.2) is 0 Å². The van der Waals surface area contributed by atoms with Gasteiger partial charge in [0.1, 0.15) is 0 Å². The summed E-state index contributed by atoms with van der Waals surface area (Å²) < 4.78 is 5.12. The third-order valence-corrected chi connectivity index (χ3v) is 2.59. The number of likely N-dealkylation sites (N-methyl/N-ethyl adjacent to an activating group) is 1. The van der Waals surface area contributed by atoms with Crippen LogP contribution in [0.2, 0.25) is 0 Å².